The summed E-state index contributed by atoms with van der Waals surface area (Å²) in [4.78, 5) is 1.72. The average Bonchev–Trinajstić information content (AvgIpc) is 3.04. The highest BCUT2D eigenvalue weighted by Crippen LogP contribution is 2.43. The fourth-order valence-corrected chi connectivity index (χ4v) is 3.48. The Labute approximate surface area is 113 Å². The number of hydrogen-bond donors (Lipinski definition) is 1. The Morgan fingerprint density at radius 2 is 1.84 bits per heavy atom. The highest BCUT2D eigenvalue weighted by Gasteiger charge is 2.49. The molecule has 2 fully saturated rings. The first kappa shape index (κ1) is 15.1. The van der Waals surface area contributed by atoms with E-state index in [1.165, 1.54) is 0 Å². The van der Waals surface area contributed by atoms with Gasteiger partial charge in [-0.1, -0.05) is 20.8 Å². The molecule has 0 aromatic heterocycles. The van der Waals surface area contributed by atoms with Crippen molar-refractivity contribution in [3.05, 3.63) is 0 Å². The lowest BCUT2D eigenvalue weighted by Gasteiger charge is -2.38. The van der Waals surface area contributed by atoms with Crippen LogP contribution in [-0.2, 0) is 0 Å². The van der Waals surface area contributed by atoms with Crippen LogP contribution >= 0.6 is 0 Å². The van der Waals surface area contributed by atoms with Crippen LogP contribution in [0.2, 0.25) is 0 Å². The minimum Gasteiger partial charge on any atom is -0.312 e. The van der Waals surface area contributed by atoms with Crippen molar-refractivity contribution in [2.45, 2.75) is 70.8 Å². The van der Waals surface area contributed by atoms with E-state index in [4.69, 9.17) is 0 Å². The molecule has 0 aliphatic heterocycles. The van der Waals surface area contributed by atoms with Gasteiger partial charge < -0.3 is 5.32 Å². The van der Waals surface area contributed by atoms with E-state index in [0.717, 1.165) is 32.2 Å². The van der Waals surface area contributed by atoms with Crippen molar-refractivity contribution in [3.8, 4) is 0 Å². The Kier molecular flexibility index (Phi) is 4.17. The van der Waals surface area contributed by atoms with Gasteiger partial charge in [-0.25, -0.2) is 0 Å². The number of likely N-dealkylation sites (N-methyl/N-ethyl adjacent to an activating group) is 1. The molecule has 19 heavy (non-hydrogen) atoms. The van der Waals surface area contributed by atoms with E-state index in [1.54, 1.807) is 4.90 Å². The molecule has 2 atom stereocenters. The van der Waals surface area contributed by atoms with Crippen LogP contribution in [0.5, 0.6) is 0 Å². The molecule has 2 aliphatic rings. The number of alkyl halides is 3. The first-order chi connectivity index (χ1) is 8.74. The smallest absolute Gasteiger partial charge is 0.312 e. The molecule has 0 aromatic rings. The third-order valence-electron chi connectivity index (χ3n) is 4.54. The van der Waals surface area contributed by atoms with Crippen LogP contribution in [0.4, 0.5) is 13.2 Å². The molecule has 5 heteroatoms. The van der Waals surface area contributed by atoms with Gasteiger partial charge in [0.15, 0.2) is 0 Å². The number of nitrogens with zero attached hydrogens (tertiary/aromatic N) is 1. The molecule has 2 unspecified atom stereocenters. The first-order valence-corrected chi connectivity index (χ1v) is 7.30. The minimum atomic E-state index is -4.09. The van der Waals surface area contributed by atoms with Gasteiger partial charge in [-0.15, -0.1) is 0 Å². The van der Waals surface area contributed by atoms with Crippen molar-refractivity contribution >= 4 is 0 Å². The molecule has 1 N–H and O–H groups in total. The number of nitrogens with one attached hydrogen (secondary N) is 1. The summed E-state index contributed by atoms with van der Waals surface area (Å²) in [7, 11) is 0. The lowest BCUT2D eigenvalue weighted by molar-refractivity contribution is -0.153. The van der Waals surface area contributed by atoms with Gasteiger partial charge in [0, 0.05) is 18.1 Å². The van der Waals surface area contributed by atoms with E-state index >= 15 is 0 Å². The molecule has 2 aliphatic carbocycles. The third-order valence-corrected chi connectivity index (χ3v) is 4.54. The van der Waals surface area contributed by atoms with Gasteiger partial charge in [0.2, 0.25) is 0 Å². The molecule has 0 aromatic carbocycles. The van der Waals surface area contributed by atoms with Crippen molar-refractivity contribution < 1.29 is 13.2 Å². The van der Waals surface area contributed by atoms with Crippen molar-refractivity contribution in [2.24, 2.45) is 5.41 Å². The molecule has 2 saturated carbocycles. The van der Waals surface area contributed by atoms with E-state index in [0.29, 0.717) is 0 Å². The summed E-state index contributed by atoms with van der Waals surface area (Å²) in [6.07, 6.45) is -0.378. The van der Waals surface area contributed by atoms with Crippen molar-refractivity contribution in [1.29, 1.82) is 0 Å². The third kappa shape index (κ3) is 3.63. The summed E-state index contributed by atoms with van der Waals surface area (Å²) >= 11 is 0. The second kappa shape index (κ2) is 5.24. The van der Waals surface area contributed by atoms with Crippen molar-refractivity contribution in [1.82, 2.24) is 10.2 Å². The molecule has 0 heterocycles. The number of halogens is 3. The van der Waals surface area contributed by atoms with Crippen LogP contribution < -0.4 is 5.32 Å². The minimum absolute atomic E-state index is 0.0316. The first-order valence-electron chi connectivity index (χ1n) is 7.30. The predicted molar refractivity (Wildman–Crippen MR) is 70.1 cm³/mol. The monoisotopic (exact) mass is 278 g/mol. The van der Waals surface area contributed by atoms with E-state index in [9.17, 15) is 13.2 Å². The predicted octanol–water partition coefficient (Wildman–Crippen LogP) is 3.18. The maximum Gasteiger partial charge on any atom is 0.401 e. The van der Waals surface area contributed by atoms with Crippen LogP contribution in [0.3, 0.4) is 0 Å². The molecule has 112 valence electrons. The van der Waals surface area contributed by atoms with E-state index < -0.39 is 12.7 Å². The molecule has 2 rings (SSSR count). The lowest BCUT2D eigenvalue weighted by Crippen LogP contribution is -2.54. The van der Waals surface area contributed by atoms with Gasteiger partial charge in [0.25, 0.3) is 0 Å². The maximum atomic E-state index is 12.8. The molecular weight excluding hydrogens is 253 g/mol. The van der Waals surface area contributed by atoms with Gasteiger partial charge in [-0.2, -0.15) is 13.2 Å². The molecule has 2 nitrogen and oxygen atoms in total. The van der Waals surface area contributed by atoms with Gasteiger partial charge in [-0.3, -0.25) is 4.90 Å². The van der Waals surface area contributed by atoms with Crippen LogP contribution in [0, 0.1) is 5.41 Å². The Hall–Kier alpha value is -0.290. The fourth-order valence-electron chi connectivity index (χ4n) is 3.48. The molecule has 0 bridgehead atoms. The van der Waals surface area contributed by atoms with Gasteiger partial charge in [0.1, 0.15) is 0 Å². The Balaban J connectivity index is 2.12. The largest absolute Gasteiger partial charge is 0.401 e. The van der Waals surface area contributed by atoms with Gasteiger partial charge in [0.05, 0.1) is 6.54 Å². The van der Waals surface area contributed by atoms with Crippen molar-refractivity contribution in [3.63, 3.8) is 0 Å². The van der Waals surface area contributed by atoms with E-state index in [1.807, 2.05) is 6.92 Å². The molecule has 0 amide bonds. The number of rotatable bonds is 5. The van der Waals surface area contributed by atoms with Crippen molar-refractivity contribution in [2.75, 3.05) is 13.1 Å². The quantitative estimate of drug-likeness (QED) is 0.831. The van der Waals surface area contributed by atoms with E-state index in [-0.39, 0.29) is 23.5 Å². The zero-order valence-electron chi connectivity index (χ0n) is 12.1. The zero-order chi connectivity index (χ0) is 14.3. The lowest BCUT2D eigenvalue weighted by atomic mass is 9.86. The molecule has 0 spiro atoms. The molecular formula is C14H25F3N2. The van der Waals surface area contributed by atoms with E-state index in [2.05, 4.69) is 19.2 Å². The fraction of sp³-hybridized carbons (Fsp3) is 1.00. The van der Waals surface area contributed by atoms with Crippen LogP contribution in [0.15, 0.2) is 0 Å². The van der Waals surface area contributed by atoms with Gasteiger partial charge in [-0.05, 0) is 37.6 Å². The maximum absolute atomic E-state index is 12.8. The summed E-state index contributed by atoms with van der Waals surface area (Å²) in [5.41, 5.74) is 0.0828. The Morgan fingerprint density at radius 1 is 1.21 bits per heavy atom. The summed E-state index contributed by atoms with van der Waals surface area (Å²) in [5, 5.41) is 3.42. The van der Waals surface area contributed by atoms with Gasteiger partial charge >= 0.3 is 6.18 Å². The summed E-state index contributed by atoms with van der Waals surface area (Å²) in [6.45, 7) is 6.42. The zero-order valence-corrected chi connectivity index (χ0v) is 12.1. The summed E-state index contributed by atoms with van der Waals surface area (Å²) in [5.74, 6) is 0. The second-order valence-electron chi connectivity index (χ2n) is 6.65. The summed E-state index contributed by atoms with van der Waals surface area (Å²) < 4.78 is 38.4. The average molecular weight is 278 g/mol. The topological polar surface area (TPSA) is 15.3 Å². The molecule has 0 saturated heterocycles. The second-order valence-corrected chi connectivity index (χ2v) is 6.65. The normalized spacial score (nSPS) is 31.1. The van der Waals surface area contributed by atoms with Crippen LogP contribution in [-0.4, -0.2) is 42.3 Å². The Bertz CT molecular complexity index is 310. The highest BCUT2D eigenvalue weighted by molar-refractivity contribution is 5.04. The SMILES string of the molecule is CCNC1C(N(CC(F)(F)F)C2CC2)CCC1(C)C. The number of hydrogen-bond acceptors (Lipinski definition) is 2. The Morgan fingerprint density at radius 3 is 2.32 bits per heavy atom. The highest BCUT2D eigenvalue weighted by atomic mass is 19.4. The molecule has 0 radical (unpaired) electrons. The van der Waals surface area contributed by atoms with Crippen LogP contribution in [0.25, 0.3) is 0 Å². The standard InChI is InChI=1S/C14H25F3N2/c1-4-18-12-11(7-8-13(12,2)3)19(10-5-6-10)9-14(15,16)17/h10-12,18H,4-9H2,1-3H3. The summed E-state index contributed by atoms with van der Waals surface area (Å²) in [6, 6.07) is 0.353. The van der Waals surface area contributed by atoms with Crippen LogP contribution in [0.1, 0.15) is 46.5 Å².